The molecule has 2 amide bonds. The first kappa shape index (κ1) is 24.5. The van der Waals surface area contributed by atoms with Crippen LogP contribution in [0.4, 0.5) is 10.3 Å². The van der Waals surface area contributed by atoms with E-state index in [-0.39, 0.29) is 11.8 Å². The lowest BCUT2D eigenvalue weighted by molar-refractivity contribution is -0.122. The van der Waals surface area contributed by atoms with Gasteiger partial charge >= 0.3 is 0 Å². The van der Waals surface area contributed by atoms with E-state index in [4.69, 9.17) is 9.97 Å². The number of hydrazine groups is 2. The standard InChI is InChI=1S/C22H32N6O2S2/c1-7-19(29)27(25(9-3)10-4)21-23-15-13-16-18(14-17(15)31-21)32-22(24-16)28(20(30)8-2)26(11-5)12-6/h13-14H,7-12H2,1-6H3. The summed E-state index contributed by atoms with van der Waals surface area (Å²) in [6, 6.07) is 4.03. The van der Waals surface area contributed by atoms with E-state index in [9.17, 15) is 9.59 Å². The molecule has 3 rings (SSSR count). The highest BCUT2D eigenvalue weighted by Gasteiger charge is 2.26. The Labute approximate surface area is 197 Å². The van der Waals surface area contributed by atoms with Crippen LogP contribution >= 0.6 is 22.7 Å². The van der Waals surface area contributed by atoms with Crippen LogP contribution in [-0.2, 0) is 9.59 Å². The minimum atomic E-state index is 0.0305. The minimum Gasteiger partial charge on any atom is -0.273 e. The van der Waals surface area contributed by atoms with Crippen molar-refractivity contribution in [2.45, 2.75) is 54.4 Å². The minimum absolute atomic E-state index is 0.0305. The van der Waals surface area contributed by atoms with Gasteiger partial charge in [0.2, 0.25) is 22.1 Å². The number of hydrogen-bond donors (Lipinski definition) is 0. The predicted octanol–water partition coefficient (Wildman–Crippen LogP) is 4.91. The van der Waals surface area contributed by atoms with Crippen LogP contribution in [0.3, 0.4) is 0 Å². The Morgan fingerprint density at radius 3 is 1.38 bits per heavy atom. The number of thiazole rings is 2. The van der Waals surface area contributed by atoms with Crippen molar-refractivity contribution in [3.8, 4) is 0 Å². The van der Waals surface area contributed by atoms with Gasteiger partial charge in [-0.25, -0.2) is 30.0 Å². The maximum absolute atomic E-state index is 12.7. The van der Waals surface area contributed by atoms with Gasteiger partial charge in [0, 0.05) is 39.0 Å². The van der Waals surface area contributed by atoms with Crippen LogP contribution in [0.2, 0.25) is 0 Å². The molecule has 3 aromatic rings. The number of benzene rings is 1. The fourth-order valence-corrected chi connectivity index (χ4v) is 5.73. The first-order chi connectivity index (χ1) is 15.4. The number of carbonyl (C=O) groups is 2. The van der Waals surface area contributed by atoms with E-state index in [0.717, 1.165) is 46.6 Å². The first-order valence-corrected chi connectivity index (χ1v) is 12.9. The van der Waals surface area contributed by atoms with Gasteiger partial charge in [-0.15, -0.1) is 0 Å². The highest BCUT2D eigenvalue weighted by molar-refractivity contribution is 7.24. The smallest absolute Gasteiger partial charge is 0.243 e. The molecule has 0 saturated carbocycles. The van der Waals surface area contributed by atoms with Crippen molar-refractivity contribution >= 4 is 65.2 Å². The molecular weight excluding hydrogens is 444 g/mol. The van der Waals surface area contributed by atoms with Crippen molar-refractivity contribution in [2.24, 2.45) is 0 Å². The molecule has 8 nitrogen and oxygen atoms in total. The van der Waals surface area contributed by atoms with Gasteiger partial charge in [-0.2, -0.15) is 0 Å². The molecule has 0 saturated heterocycles. The molecule has 0 unspecified atom stereocenters. The number of hydrogen-bond acceptors (Lipinski definition) is 8. The van der Waals surface area contributed by atoms with Crippen LogP contribution in [0.25, 0.3) is 20.4 Å². The number of aromatic nitrogens is 2. The zero-order valence-electron chi connectivity index (χ0n) is 19.7. The molecule has 174 valence electrons. The van der Waals surface area contributed by atoms with Crippen molar-refractivity contribution in [2.75, 3.05) is 36.2 Å². The van der Waals surface area contributed by atoms with E-state index in [1.54, 1.807) is 10.0 Å². The molecule has 0 aliphatic rings. The summed E-state index contributed by atoms with van der Waals surface area (Å²) in [5.41, 5.74) is 1.62. The predicted molar refractivity (Wildman–Crippen MR) is 134 cm³/mol. The molecule has 0 aliphatic carbocycles. The second-order valence-corrected chi connectivity index (χ2v) is 9.19. The van der Waals surface area contributed by atoms with Gasteiger partial charge < -0.3 is 0 Å². The Hall–Kier alpha value is -2.14. The van der Waals surface area contributed by atoms with Crippen LogP contribution in [-0.4, -0.2) is 58.0 Å². The van der Waals surface area contributed by atoms with E-state index in [0.29, 0.717) is 23.1 Å². The molecule has 0 fully saturated rings. The van der Waals surface area contributed by atoms with E-state index in [1.165, 1.54) is 22.7 Å². The quantitative estimate of drug-likeness (QED) is 0.387. The third-order valence-corrected chi connectivity index (χ3v) is 7.33. The summed E-state index contributed by atoms with van der Waals surface area (Å²) in [5.74, 6) is 0.0610. The summed E-state index contributed by atoms with van der Waals surface area (Å²) in [6.45, 7) is 14.8. The lowest BCUT2D eigenvalue weighted by Crippen LogP contribution is -2.46. The molecule has 1 aromatic carbocycles. The molecule has 0 aliphatic heterocycles. The molecule has 2 heterocycles. The molecule has 0 radical (unpaired) electrons. The number of carbonyl (C=O) groups excluding carboxylic acids is 2. The summed E-state index contributed by atoms with van der Waals surface area (Å²) >= 11 is 3.01. The summed E-state index contributed by atoms with van der Waals surface area (Å²) < 4.78 is 2.00. The van der Waals surface area contributed by atoms with E-state index < -0.39 is 0 Å². The van der Waals surface area contributed by atoms with Crippen LogP contribution in [0.1, 0.15) is 54.4 Å². The van der Waals surface area contributed by atoms with Gasteiger partial charge in [-0.3, -0.25) is 9.59 Å². The maximum atomic E-state index is 12.7. The van der Waals surface area contributed by atoms with Crippen LogP contribution in [0.15, 0.2) is 12.1 Å². The number of anilines is 2. The highest BCUT2D eigenvalue weighted by atomic mass is 32.1. The Kier molecular flexibility index (Phi) is 8.16. The molecule has 2 aromatic heterocycles. The van der Waals surface area contributed by atoms with Gasteiger partial charge in [0.1, 0.15) is 0 Å². The van der Waals surface area contributed by atoms with Crippen molar-refractivity contribution in [1.82, 2.24) is 20.0 Å². The van der Waals surface area contributed by atoms with Crippen molar-refractivity contribution < 1.29 is 9.59 Å². The highest BCUT2D eigenvalue weighted by Crippen LogP contribution is 2.37. The largest absolute Gasteiger partial charge is 0.273 e. The van der Waals surface area contributed by atoms with Crippen molar-refractivity contribution in [3.63, 3.8) is 0 Å². The van der Waals surface area contributed by atoms with Gasteiger partial charge in [-0.1, -0.05) is 64.2 Å². The first-order valence-electron chi connectivity index (χ1n) is 11.3. The number of nitrogens with zero attached hydrogens (tertiary/aromatic N) is 6. The zero-order valence-corrected chi connectivity index (χ0v) is 21.3. The van der Waals surface area contributed by atoms with Crippen LogP contribution in [0, 0.1) is 0 Å². The molecule has 10 heteroatoms. The molecule has 0 atom stereocenters. The van der Waals surface area contributed by atoms with Crippen LogP contribution < -0.4 is 10.0 Å². The number of fused-ring (bicyclic) bond motifs is 2. The Morgan fingerprint density at radius 2 is 1.06 bits per heavy atom. The molecular formula is C22H32N6O2S2. The SMILES string of the molecule is CCC(=O)N(c1nc2cc3nc(N(C(=O)CC)N(CC)CC)sc3cc2s1)N(CC)CC. The van der Waals surface area contributed by atoms with Crippen molar-refractivity contribution in [1.29, 1.82) is 0 Å². The molecule has 0 N–H and O–H groups in total. The van der Waals surface area contributed by atoms with Gasteiger partial charge in [0.05, 0.1) is 20.4 Å². The second kappa shape index (κ2) is 10.7. The van der Waals surface area contributed by atoms with Gasteiger partial charge in [0.15, 0.2) is 0 Å². The topological polar surface area (TPSA) is 72.9 Å². The lowest BCUT2D eigenvalue weighted by Gasteiger charge is -2.30. The van der Waals surface area contributed by atoms with Crippen LogP contribution in [0.5, 0.6) is 0 Å². The summed E-state index contributed by atoms with van der Waals surface area (Å²) in [7, 11) is 0. The normalized spacial score (nSPS) is 11.8. The summed E-state index contributed by atoms with van der Waals surface area (Å²) in [5, 5.41) is 8.78. The van der Waals surface area contributed by atoms with E-state index in [1.807, 2.05) is 57.6 Å². The second-order valence-electron chi connectivity index (χ2n) is 7.18. The summed E-state index contributed by atoms with van der Waals surface area (Å²) in [6.07, 6.45) is 0.832. The Morgan fingerprint density at radius 1 is 0.688 bits per heavy atom. The Balaban J connectivity index is 2.06. The number of rotatable bonds is 10. The zero-order chi connectivity index (χ0) is 23.4. The summed E-state index contributed by atoms with van der Waals surface area (Å²) in [4.78, 5) is 34.9. The third kappa shape index (κ3) is 4.63. The fourth-order valence-electron chi connectivity index (χ4n) is 3.59. The average molecular weight is 477 g/mol. The van der Waals surface area contributed by atoms with Crippen molar-refractivity contribution in [3.05, 3.63) is 12.1 Å². The lowest BCUT2D eigenvalue weighted by atomic mass is 10.3. The van der Waals surface area contributed by atoms with Gasteiger partial charge in [0.25, 0.3) is 0 Å². The van der Waals surface area contributed by atoms with E-state index in [2.05, 4.69) is 6.07 Å². The molecule has 0 spiro atoms. The Bertz CT molecular complexity index is 954. The van der Waals surface area contributed by atoms with E-state index >= 15 is 0 Å². The maximum Gasteiger partial charge on any atom is 0.243 e. The monoisotopic (exact) mass is 476 g/mol. The number of amides is 2. The molecule has 32 heavy (non-hydrogen) atoms. The average Bonchev–Trinajstić information content (AvgIpc) is 3.40. The fraction of sp³-hybridized carbons (Fsp3) is 0.545. The third-order valence-electron chi connectivity index (χ3n) is 5.34. The van der Waals surface area contributed by atoms with Gasteiger partial charge in [-0.05, 0) is 12.1 Å². The molecule has 0 bridgehead atoms.